The molecular weight excluding hydrogens is 300 g/mol. The molecule has 2 saturated heterocycles. The second-order valence-electron chi connectivity index (χ2n) is 6.88. The number of fused-ring (bicyclic) bond motifs is 1. The third-order valence-electron chi connectivity index (χ3n) is 4.53. The number of unbranched alkanes of at least 4 members (excludes halogenated alkanes) is 4. The third-order valence-corrected chi connectivity index (χ3v) is 4.53. The van der Waals surface area contributed by atoms with Gasteiger partial charge in [-0.1, -0.05) is 32.6 Å². The predicted octanol–water partition coefficient (Wildman–Crippen LogP) is 2.23. The lowest BCUT2D eigenvalue weighted by molar-refractivity contribution is -0.384. The van der Waals surface area contributed by atoms with Crippen molar-refractivity contribution in [2.24, 2.45) is 0 Å². The zero-order chi connectivity index (χ0) is 16.9. The number of rotatable bonds is 9. The van der Waals surface area contributed by atoms with E-state index in [0.29, 0.717) is 13.2 Å². The van der Waals surface area contributed by atoms with E-state index >= 15 is 0 Å². The largest absolute Gasteiger partial charge is 0.387 e. The van der Waals surface area contributed by atoms with E-state index in [9.17, 15) is 5.11 Å². The molecule has 0 aromatic heterocycles. The molecule has 0 unspecified atom stereocenters. The summed E-state index contributed by atoms with van der Waals surface area (Å²) in [7, 11) is 1.54. The minimum atomic E-state index is -1.05. The van der Waals surface area contributed by atoms with Crippen molar-refractivity contribution in [1.82, 2.24) is 0 Å². The molecule has 0 bridgehead atoms. The first-order valence-corrected chi connectivity index (χ1v) is 8.74. The van der Waals surface area contributed by atoms with Gasteiger partial charge in [-0.15, -0.1) is 0 Å². The van der Waals surface area contributed by atoms with Crippen LogP contribution in [0.1, 0.15) is 52.9 Å². The number of ether oxygens (including phenoxy) is 5. The summed E-state index contributed by atoms with van der Waals surface area (Å²) in [4.78, 5) is 0. The zero-order valence-corrected chi connectivity index (χ0v) is 14.9. The van der Waals surface area contributed by atoms with Gasteiger partial charge in [0.15, 0.2) is 5.79 Å². The molecule has 1 N–H and O–H groups in total. The minimum Gasteiger partial charge on any atom is -0.387 e. The second-order valence-corrected chi connectivity index (χ2v) is 6.88. The maximum atomic E-state index is 10.5. The quantitative estimate of drug-likeness (QED) is 0.653. The fraction of sp³-hybridized carbons (Fsp3) is 1.00. The fourth-order valence-electron chi connectivity index (χ4n) is 3.10. The molecule has 23 heavy (non-hydrogen) atoms. The lowest BCUT2D eigenvalue weighted by atomic mass is 10.0. The van der Waals surface area contributed by atoms with E-state index in [4.69, 9.17) is 23.7 Å². The van der Waals surface area contributed by atoms with Crippen LogP contribution in [0.15, 0.2) is 0 Å². The van der Waals surface area contributed by atoms with Crippen LogP contribution in [-0.4, -0.2) is 61.9 Å². The van der Waals surface area contributed by atoms with Crippen LogP contribution < -0.4 is 0 Å². The van der Waals surface area contributed by atoms with Gasteiger partial charge in [-0.05, 0) is 20.3 Å². The number of hydrogen-bond acceptors (Lipinski definition) is 6. The summed E-state index contributed by atoms with van der Waals surface area (Å²) >= 11 is 0. The second kappa shape index (κ2) is 8.23. The Hall–Kier alpha value is -0.240. The predicted molar refractivity (Wildman–Crippen MR) is 85.1 cm³/mol. The van der Waals surface area contributed by atoms with Crippen molar-refractivity contribution in [2.75, 3.05) is 26.9 Å². The Morgan fingerprint density at radius 2 is 1.87 bits per heavy atom. The van der Waals surface area contributed by atoms with E-state index in [1.807, 2.05) is 13.8 Å². The van der Waals surface area contributed by atoms with Gasteiger partial charge in [0.25, 0.3) is 0 Å². The van der Waals surface area contributed by atoms with E-state index in [1.165, 1.54) is 25.7 Å². The lowest BCUT2D eigenvalue weighted by Gasteiger charge is -2.44. The molecule has 2 aliphatic heterocycles. The smallest absolute Gasteiger partial charge is 0.222 e. The Labute approximate surface area is 139 Å². The molecule has 2 rings (SSSR count). The van der Waals surface area contributed by atoms with Gasteiger partial charge in [0.1, 0.15) is 24.9 Å². The minimum absolute atomic E-state index is 0.228. The van der Waals surface area contributed by atoms with Crippen LogP contribution in [0.2, 0.25) is 0 Å². The van der Waals surface area contributed by atoms with Crippen LogP contribution >= 0.6 is 0 Å². The van der Waals surface area contributed by atoms with Gasteiger partial charge in [-0.3, -0.25) is 0 Å². The van der Waals surface area contributed by atoms with Gasteiger partial charge in [0, 0.05) is 13.7 Å². The molecule has 0 aliphatic carbocycles. The van der Waals surface area contributed by atoms with E-state index in [2.05, 4.69) is 6.92 Å². The van der Waals surface area contributed by atoms with Gasteiger partial charge in [0.2, 0.25) is 5.79 Å². The first-order valence-electron chi connectivity index (χ1n) is 8.74. The Morgan fingerprint density at radius 1 is 1.13 bits per heavy atom. The maximum absolute atomic E-state index is 10.5. The standard InChI is InChI=1S/C17H32O6/c1-5-6-7-8-9-10-20-11-13-14(18)15-17(19-4,22-13)12-21-16(2,3)23-15/h13-15,18H,5-12H2,1-4H3/t13-,14-,15+,17+/m1/s1. The number of hydrogen-bond donors (Lipinski definition) is 1. The van der Waals surface area contributed by atoms with Crippen LogP contribution in [0.3, 0.4) is 0 Å². The molecule has 4 atom stereocenters. The van der Waals surface area contributed by atoms with Crippen LogP contribution in [0, 0.1) is 0 Å². The highest BCUT2D eigenvalue weighted by atomic mass is 16.8. The van der Waals surface area contributed by atoms with Gasteiger partial charge in [0.05, 0.1) is 6.61 Å². The first kappa shape index (κ1) is 19.1. The molecule has 0 radical (unpaired) electrons. The Bertz CT molecular complexity index is 361. The van der Waals surface area contributed by atoms with Gasteiger partial charge >= 0.3 is 0 Å². The summed E-state index contributed by atoms with van der Waals surface area (Å²) in [6.07, 6.45) is 4.14. The van der Waals surface area contributed by atoms with E-state index in [1.54, 1.807) is 7.11 Å². The highest BCUT2D eigenvalue weighted by molar-refractivity contribution is 5.00. The third kappa shape index (κ3) is 4.65. The van der Waals surface area contributed by atoms with E-state index < -0.39 is 29.9 Å². The molecule has 0 amide bonds. The Balaban J connectivity index is 1.78. The molecule has 0 aromatic carbocycles. The van der Waals surface area contributed by atoms with Gasteiger partial charge in [-0.25, -0.2) is 0 Å². The Kier molecular flexibility index (Phi) is 6.83. The van der Waals surface area contributed by atoms with Crippen molar-refractivity contribution in [3.63, 3.8) is 0 Å². The summed E-state index contributed by atoms with van der Waals surface area (Å²) in [5, 5.41) is 10.5. The normalized spacial score (nSPS) is 36.1. The summed E-state index contributed by atoms with van der Waals surface area (Å²) in [6, 6.07) is 0. The van der Waals surface area contributed by atoms with Crippen molar-refractivity contribution in [1.29, 1.82) is 0 Å². The molecule has 2 fully saturated rings. The number of aliphatic hydroxyl groups excluding tert-OH is 1. The zero-order valence-electron chi connectivity index (χ0n) is 14.9. The highest BCUT2D eigenvalue weighted by Gasteiger charge is 2.61. The molecule has 0 spiro atoms. The van der Waals surface area contributed by atoms with Crippen LogP contribution in [0.25, 0.3) is 0 Å². The van der Waals surface area contributed by atoms with E-state index in [-0.39, 0.29) is 6.61 Å². The molecule has 0 saturated carbocycles. The molecule has 6 heteroatoms. The van der Waals surface area contributed by atoms with Crippen molar-refractivity contribution < 1.29 is 28.8 Å². The topological polar surface area (TPSA) is 66.4 Å². The SMILES string of the molecule is CCCCCCCOC[C@H]1O[C@@]2(OC)COC(C)(C)O[C@H]2[C@@H]1O. The molecular formula is C17H32O6. The summed E-state index contributed by atoms with van der Waals surface area (Å²) in [5.41, 5.74) is 0. The maximum Gasteiger partial charge on any atom is 0.222 e. The average Bonchev–Trinajstić information content (AvgIpc) is 2.79. The van der Waals surface area contributed by atoms with Crippen molar-refractivity contribution in [3.8, 4) is 0 Å². The summed E-state index contributed by atoms with van der Waals surface area (Å²) < 4.78 is 28.5. The number of methoxy groups -OCH3 is 1. The van der Waals surface area contributed by atoms with Gasteiger partial charge in [-0.2, -0.15) is 0 Å². The van der Waals surface area contributed by atoms with Crippen LogP contribution in [-0.2, 0) is 23.7 Å². The molecule has 0 aromatic rings. The number of aliphatic hydroxyl groups is 1. The lowest BCUT2D eigenvalue weighted by Crippen LogP contribution is -2.59. The summed E-state index contributed by atoms with van der Waals surface area (Å²) in [6.45, 7) is 7.09. The van der Waals surface area contributed by atoms with Crippen LogP contribution in [0.5, 0.6) is 0 Å². The first-order chi connectivity index (χ1) is 10.9. The summed E-state index contributed by atoms with van der Waals surface area (Å²) in [5.74, 6) is -1.81. The molecule has 6 nitrogen and oxygen atoms in total. The fourth-order valence-corrected chi connectivity index (χ4v) is 3.10. The van der Waals surface area contributed by atoms with Crippen molar-refractivity contribution in [3.05, 3.63) is 0 Å². The monoisotopic (exact) mass is 332 g/mol. The molecule has 136 valence electrons. The highest BCUT2D eigenvalue weighted by Crippen LogP contribution is 2.41. The molecule has 2 aliphatic rings. The van der Waals surface area contributed by atoms with Crippen molar-refractivity contribution >= 4 is 0 Å². The van der Waals surface area contributed by atoms with Gasteiger partial charge < -0.3 is 28.8 Å². The average molecular weight is 332 g/mol. The van der Waals surface area contributed by atoms with E-state index in [0.717, 1.165) is 6.42 Å². The van der Waals surface area contributed by atoms with Crippen LogP contribution in [0.4, 0.5) is 0 Å². The Morgan fingerprint density at radius 3 is 2.57 bits per heavy atom. The molecule has 2 heterocycles. The van der Waals surface area contributed by atoms with Crippen molar-refractivity contribution in [2.45, 2.75) is 82.8 Å².